The fourth-order valence-electron chi connectivity index (χ4n) is 2.95. The van der Waals surface area contributed by atoms with Gasteiger partial charge in [0.05, 0.1) is 6.54 Å². The first-order chi connectivity index (χ1) is 8.48. The van der Waals surface area contributed by atoms with Crippen LogP contribution in [0.5, 0.6) is 0 Å². The third kappa shape index (κ3) is 2.31. The number of nitrogens with two attached hydrogens (primary N) is 1. The Morgan fingerprint density at radius 2 is 2.22 bits per heavy atom. The van der Waals surface area contributed by atoms with Crippen molar-refractivity contribution in [1.29, 1.82) is 0 Å². The molecule has 1 fully saturated rings. The summed E-state index contributed by atoms with van der Waals surface area (Å²) in [6.45, 7) is 6.25. The van der Waals surface area contributed by atoms with Gasteiger partial charge in [0.25, 0.3) is 0 Å². The molecule has 1 saturated carbocycles. The van der Waals surface area contributed by atoms with E-state index in [0.29, 0.717) is 0 Å². The number of aromatic nitrogens is 2. The SMILES string of the molecule is CC(C)C1CC(CN)(N(C)Cc2nccn2C)C1. The first-order valence-electron chi connectivity index (χ1n) is 6.86. The van der Waals surface area contributed by atoms with Gasteiger partial charge in [-0.05, 0) is 31.7 Å². The number of hydrogen-bond acceptors (Lipinski definition) is 3. The molecule has 0 atom stereocenters. The van der Waals surface area contributed by atoms with E-state index in [-0.39, 0.29) is 5.54 Å². The van der Waals surface area contributed by atoms with Crippen molar-refractivity contribution in [2.24, 2.45) is 24.6 Å². The second kappa shape index (κ2) is 5.02. The molecule has 0 amide bonds. The Labute approximate surface area is 110 Å². The van der Waals surface area contributed by atoms with E-state index in [9.17, 15) is 0 Å². The van der Waals surface area contributed by atoms with Gasteiger partial charge in [-0.1, -0.05) is 13.8 Å². The predicted molar refractivity (Wildman–Crippen MR) is 74.0 cm³/mol. The second-order valence-corrected chi connectivity index (χ2v) is 6.15. The molecule has 1 aromatic rings. The van der Waals surface area contributed by atoms with Crippen molar-refractivity contribution in [3.8, 4) is 0 Å². The van der Waals surface area contributed by atoms with E-state index in [4.69, 9.17) is 5.73 Å². The predicted octanol–water partition coefficient (Wildman–Crippen LogP) is 1.62. The highest BCUT2D eigenvalue weighted by Crippen LogP contribution is 2.45. The lowest BCUT2D eigenvalue weighted by atomic mass is 9.63. The lowest BCUT2D eigenvalue weighted by Gasteiger charge is -2.54. The molecule has 1 heterocycles. The van der Waals surface area contributed by atoms with E-state index in [0.717, 1.165) is 30.7 Å². The van der Waals surface area contributed by atoms with Crippen molar-refractivity contribution in [1.82, 2.24) is 14.5 Å². The zero-order chi connectivity index (χ0) is 13.3. The number of likely N-dealkylation sites (N-methyl/N-ethyl adjacent to an activating group) is 1. The van der Waals surface area contributed by atoms with Gasteiger partial charge in [0.1, 0.15) is 5.82 Å². The Kier molecular flexibility index (Phi) is 3.78. The van der Waals surface area contributed by atoms with Crippen molar-refractivity contribution in [2.45, 2.75) is 38.8 Å². The zero-order valence-electron chi connectivity index (χ0n) is 12.1. The van der Waals surface area contributed by atoms with Crippen LogP contribution in [-0.2, 0) is 13.6 Å². The van der Waals surface area contributed by atoms with Crippen LogP contribution in [0, 0.1) is 11.8 Å². The summed E-state index contributed by atoms with van der Waals surface area (Å²) < 4.78 is 2.08. The van der Waals surface area contributed by atoms with Crippen molar-refractivity contribution in [3.05, 3.63) is 18.2 Å². The average molecular weight is 250 g/mol. The fraction of sp³-hybridized carbons (Fsp3) is 0.786. The smallest absolute Gasteiger partial charge is 0.122 e. The number of rotatable bonds is 5. The van der Waals surface area contributed by atoms with Gasteiger partial charge in [-0.3, -0.25) is 4.90 Å². The minimum absolute atomic E-state index is 0.195. The summed E-state index contributed by atoms with van der Waals surface area (Å²) in [4.78, 5) is 6.79. The maximum absolute atomic E-state index is 6.03. The molecule has 0 aromatic carbocycles. The van der Waals surface area contributed by atoms with Gasteiger partial charge >= 0.3 is 0 Å². The molecule has 0 unspecified atom stereocenters. The molecule has 1 aromatic heterocycles. The largest absolute Gasteiger partial charge is 0.337 e. The highest BCUT2D eigenvalue weighted by atomic mass is 15.2. The molecular weight excluding hydrogens is 224 g/mol. The summed E-state index contributed by atoms with van der Waals surface area (Å²) in [5.74, 6) is 2.71. The van der Waals surface area contributed by atoms with Crippen molar-refractivity contribution >= 4 is 0 Å². The Balaban J connectivity index is 2.00. The van der Waals surface area contributed by atoms with Gasteiger partial charge in [0.2, 0.25) is 0 Å². The van der Waals surface area contributed by atoms with Crippen LogP contribution in [0.15, 0.2) is 12.4 Å². The molecular formula is C14H26N4. The Bertz CT molecular complexity index is 390. The van der Waals surface area contributed by atoms with E-state index in [1.54, 1.807) is 0 Å². The van der Waals surface area contributed by atoms with Crippen LogP contribution in [0.1, 0.15) is 32.5 Å². The second-order valence-electron chi connectivity index (χ2n) is 6.15. The fourth-order valence-corrected chi connectivity index (χ4v) is 2.95. The summed E-state index contributed by atoms with van der Waals surface area (Å²) in [7, 11) is 4.22. The highest BCUT2D eigenvalue weighted by molar-refractivity contribution is 5.05. The first kappa shape index (κ1) is 13.6. The Morgan fingerprint density at radius 3 is 2.67 bits per heavy atom. The normalized spacial score (nSPS) is 27.8. The molecule has 0 bridgehead atoms. The lowest BCUT2D eigenvalue weighted by Crippen LogP contribution is -2.61. The third-order valence-electron chi connectivity index (χ3n) is 4.72. The van der Waals surface area contributed by atoms with Crippen LogP contribution in [-0.4, -0.2) is 33.6 Å². The number of aryl methyl sites for hydroxylation is 1. The summed E-state index contributed by atoms with van der Waals surface area (Å²) in [6, 6.07) is 0. The minimum Gasteiger partial charge on any atom is -0.337 e. The maximum Gasteiger partial charge on any atom is 0.122 e. The molecule has 4 nitrogen and oxygen atoms in total. The van der Waals surface area contributed by atoms with Gasteiger partial charge in [0, 0.05) is 31.5 Å². The van der Waals surface area contributed by atoms with E-state index < -0.39 is 0 Å². The zero-order valence-corrected chi connectivity index (χ0v) is 12.1. The maximum atomic E-state index is 6.03. The molecule has 18 heavy (non-hydrogen) atoms. The lowest BCUT2D eigenvalue weighted by molar-refractivity contribution is -0.0259. The van der Waals surface area contributed by atoms with Crippen LogP contribution in [0.2, 0.25) is 0 Å². The standard InChI is InChI=1S/C14H26N4/c1-11(2)12-7-14(8-12,10-15)18(4)9-13-16-5-6-17(13)3/h5-6,11-12H,7-10,15H2,1-4H3. The molecule has 2 N–H and O–H groups in total. The quantitative estimate of drug-likeness (QED) is 0.864. The van der Waals surface area contributed by atoms with Crippen LogP contribution in [0.25, 0.3) is 0 Å². The molecule has 0 spiro atoms. The summed E-state index contributed by atoms with van der Waals surface area (Å²) >= 11 is 0. The molecule has 0 radical (unpaired) electrons. The van der Waals surface area contributed by atoms with Gasteiger partial charge in [-0.25, -0.2) is 4.98 Å². The molecule has 102 valence electrons. The summed E-state index contributed by atoms with van der Waals surface area (Å²) in [5.41, 5.74) is 6.23. The molecule has 1 aliphatic carbocycles. The van der Waals surface area contributed by atoms with Crippen LogP contribution in [0.3, 0.4) is 0 Å². The summed E-state index contributed by atoms with van der Waals surface area (Å²) in [5, 5.41) is 0. The van der Waals surface area contributed by atoms with E-state index >= 15 is 0 Å². The molecule has 2 rings (SSSR count). The number of hydrogen-bond donors (Lipinski definition) is 1. The van der Waals surface area contributed by atoms with Crippen LogP contribution < -0.4 is 5.73 Å². The number of imidazole rings is 1. The van der Waals surface area contributed by atoms with Crippen molar-refractivity contribution in [3.63, 3.8) is 0 Å². The molecule has 0 saturated heterocycles. The third-order valence-corrected chi connectivity index (χ3v) is 4.72. The average Bonchev–Trinajstić information content (AvgIpc) is 2.63. The van der Waals surface area contributed by atoms with Crippen LogP contribution >= 0.6 is 0 Å². The van der Waals surface area contributed by atoms with E-state index in [2.05, 4.69) is 35.3 Å². The highest BCUT2D eigenvalue weighted by Gasteiger charge is 2.47. The van der Waals surface area contributed by atoms with Gasteiger partial charge in [-0.15, -0.1) is 0 Å². The topological polar surface area (TPSA) is 47.1 Å². The van der Waals surface area contributed by atoms with Gasteiger partial charge in [-0.2, -0.15) is 0 Å². The minimum atomic E-state index is 0.195. The molecule has 1 aliphatic rings. The van der Waals surface area contributed by atoms with Crippen molar-refractivity contribution < 1.29 is 0 Å². The van der Waals surface area contributed by atoms with E-state index in [1.165, 1.54) is 12.8 Å². The van der Waals surface area contributed by atoms with Crippen molar-refractivity contribution in [2.75, 3.05) is 13.6 Å². The Hall–Kier alpha value is -0.870. The Morgan fingerprint density at radius 1 is 1.56 bits per heavy atom. The number of nitrogens with zero attached hydrogens (tertiary/aromatic N) is 3. The van der Waals surface area contributed by atoms with Crippen LogP contribution in [0.4, 0.5) is 0 Å². The van der Waals surface area contributed by atoms with Gasteiger partial charge < -0.3 is 10.3 Å². The first-order valence-corrected chi connectivity index (χ1v) is 6.86. The monoisotopic (exact) mass is 250 g/mol. The summed E-state index contributed by atoms with van der Waals surface area (Å²) in [6.07, 6.45) is 6.30. The van der Waals surface area contributed by atoms with Gasteiger partial charge in [0.15, 0.2) is 0 Å². The molecule has 0 aliphatic heterocycles. The van der Waals surface area contributed by atoms with E-state index in [1.807, 2.05) is 19.4 Å². The molecule has 4 heteroatoms.